The molecule has 2 N–H and O–H groups in total. The molecule has 0 aromatic carbocycles. The standard InChI is InChI=1S/C13H22N2O/c1-11-2-3-13(16-11)10-15-8-5-12(4-7-14)6-9-15/h2-3,12H,4-10,14H2,1H3. The van der Waals surface area contributed by atoms with Crippen molar-refractivity contribution >= 4 is 0 Å². The predicted molar refractivity (Wildman–Crippen MR) is 65.1 cm³/mol. The molecule has 90 valence electrons. The Kier molecular flexibility index (Phi) is 4.02. The normalized spacial score (nSPS) is 19.1. The molecule has 3 heteroatoms. The average Bonchev–Trinajstić information content (AvgIpc) is 2.67. The number of nitrogens with zero attached hydrogens (tertiary/aromatic N) is 1. The summed E-state index contributed by atoms with van der Waals surface area (Å²) in [6, 6.07) is 4.12. The maximum atomic E-state index is 5.60. The van der Waals surface area contributed by atoms with Crippen LogP contribution in [-0.2, 0) is 6.54 Å². The van der Waals surface area contributed by atoms with Crippen LogP contribution < -0.4 is 5.73 Å². The minimum Gasteiger partial charge on any atom is -0.465 e. The van der Waals surface area contributed by atoms with Gasteiger partial charge in [0.05, 0.1) is 6.54 Å². The van der Waals surface area contributed by atoms with Crippen molar-refractivity contribution in [3.05, 3.63) is 23.7 Å². The first-order valence-electron chi connectivity index (χ1n) is 6.25. The second kappa shape index (κ2) is 5.51. The first kappa shape index (κ1) is 11.7. The van der Waals surface area contributed by atoms with Crippen LogP contribution in [0.4, 0.5) is 0 Å². The third kappa shape index (κ3) is 3.09. The Morgan fingerprint density at radius 1 is 1.38 bits per heavy atom. The highest BCUT2D eigenvalue weighted by atomic mass is 16.3. The maximum absolute atomic E-state index is 5.60. The summed E-state index contributed by atoms with van der Waals surface area (Å²) in [5.41, 5.74) is 5.59. The predicted octanol–water partition coefficient (Wildman–Crippen LogP) is 2.15. The minimum absolute atomic E-state index is 0.835. The van der Waals surface area contributed by atoms with Crippen molar-refractivity contribution in [3.63, 3.8) is 0 Å². The third-order valence-corrected chi connectivity index (χ3v) is 3.46. The van der Waals surface area contributed by atoms with Gasteiger partial charge in [-0.2, -0.15) is 0 Å². The Morgan fingerprint density at radius 3 is 2.69 bits per heavy atom. The molecule has 1 aromatic heterocycles. The zero-order chi connectivity index (χ0) is 11.4. The van der Waals surface area contributed by atoms with Gasteiger partial charge in [-0.1, -0.05) is 0 Å². The van der Waals surface area contributed by atoms with Gasteiger partial charge in [0.25, 0.3) is 0 Å². The number of piperidine rings is 1. The average molecular weight is 222 g/mol. The van der Waals surface area contributed by atoms with Crippen LogP contribution in [0.15, 0.2) is 16.5 Å². The Bertz CT molecular complexity index is 313. The van der Waals surface area contributed by atoms with Crippen molar-refractivity contribution in [2.24, 2.45) is 11.7 Å². The Hall–Kier alpha value is -0.800. The molecule has 0 spiro atoms. The summed E-state index contributed by atoms with van der Waals surface area (Å²) >= 11 is 0. The van der Waals surface area contributed by atoms with Crippen molar-refractivity contribution in [2.75, 3.05) is 19.6 Å². The van der Waals surface area contributed by atoms with Gasteiger partial charge in [0.2, 0.25) is 0 Å². The molecule has 3 nitrogen and oxygen atoms in total. The van der Waals surface area contributed by atoms with E-state index in [1.54, 1.807) is 0 Å². The van der Waals surface area contributed by atoms with Gasteiger partial charge in [0.1, 0.15) is 11.5 Å². The van der Waals surface area contributed by atoms with Crippen LogP contribution in [0.3, 0.4) is 0 Å². The number of aryl methyl sites for hydroxylation is 1. The van der Waals surface area contributed by atoms with E-state index in [1.807, 2.05) is 13.0 Å². The quantitative estimate of drug-likeness (QED) is 0.848. The topological polar surface area (TPSA) is 42.4 Å². The summed E-state index contributed by atoms with van der Waals surface area (Å²) in [4.78, 5) is 2.48. The van der Waals surface area contributed by atoms with Gasteiger partial charge in [-0.3, -0.25) is 4.90 Å². The van der Waals surface area contributed by atoms with Gasteiger partial charge in [-0.25, -0.2) is 0 Å². The molecule has 0 unspecified atom stereocenters. The summed E-state index contributed by atoms with van der Waals surface area (Å²) in [5, 5.41) is 0. The molecule has 0 amide bonds. The molecule has 0 bridgehead atoms. The van der Waals surface area contributed by atoms with Crippen molar-refractivity contribution in [1.29, 1.82) is 0 Å². The fourth-order valence-electron chi connectivity index (χ4n) is 2.46. The Labute approximate surface area is 97.6 Å². The lowest BCUT2D eigenvalue weighted by Gasteiger charge is -2.31. The highest BCUT2D eigenvalue weighted by Gasteiger charge is 2.19. The lowest BCUT2D eigenvalue weighted by molar-refractivity contribution is 0.162. The molecule has 0 saturated carbocycles. The highest BCUT2D eigenvalue weighted by Crippen LogP contribution is 2.21. The summed E-state index contributed by atoms with van der Waals surface area (Å²) in [6.07, 6.45) is 3.77. The van der Waals surface area contributed by atoms with E-state index in [4.69, 9.17) is 10.2 Å². The van der Waals surface area contributed by atoms with Gasteiger partial charge in [0.15, 0.2) is 0 Å². The molecule has 1 aliphatic heterocycles. The fourth-order valence-corrected chi connectivity index (χ4v) is 2.46. The summed E-state index contributed by atoms with van der Waals surface area (Å²) in [7, 11) is 0. The monoisotopic (exact) mass is 222 g/mol. The molecule has 1 saturated heterocycles. The van der Waals surface area contributed by atoms with Crippen LogP contribution in [0.1, 0.15) is 30.8 Å². The van der Waals surface area contributed by atoms with E-state index in [2.05, 4.69) is 11.0 Å². The first-order chi connectivity index (χ1) is 7.78. The van der Waals surface area contributed by atoms with Crippen LogP contribution in [0.5, 0.6) is 0 Å². The van der Waals surface area contributed by atoms with Gasteiger partial charge in [0, 0.05) is 0 Å². The molecule has 1 aliphatic rings. The second-order valence-corrected chi connectivity index (χ2v) is 4.81. The Balaban J connectivity index is 1.77. The number of furan rings is 1. The number of rotatable bonds is 4. The van der Waals surface area contributed by atoms with Gasteiger partial charge in [-0.15, -0.1) is 0 Å². The number of nitrogens with two attached hydrogens (primary N) is 1. The smallest absolute Gasteiger partial charge is 0.118 e. The summed E-state index contributed by atoms with van der Waals surface area (Å²) in [5.74, 6) is 2.95. The lowest BCUT2D eigenvalue weighted by Crippen LogP contribution is -2.33. The van der Waals surface area contributed by atoms with E-state index in [9.17, 15) is 0 Å². The molecule has 0 aliphatic carbocycles. The number of hydrogen-bond acceptors (Lipinski definition) is 3. The molecule has 2 heterocycles. The summed E-state index contributed by atoms with van der Waals surface area (Å²) in [6.45, 7) is 6.16. The molecule has 0 atom stereocenters. The number of hydrogen-bond donors (Lipinski definition) is 1. The SMILES string of the molecule is Cc1ccc(CN2CCC(CCN)CC2)o1. The van der Waals surface area contributed by atoms with Crippen LogP contribution >= 0.6 is 0 Å². The first-order valence-corrected chi connectivity index (χ1v) is 6.25. The van der Waals surface area contributed by atoms with E-state index in [-0.39, 0.29) is 0 Å². The van der Waals surface area contributed by atoms with E-state index in [0.29, 0.717) is 0 Å². The van der Waals surface area contributed by atoms with Crippen LogP contribution in [-0.4, -0.2) is 24.5 Å². The van der Waals surface area contributed by atoms with Gasteiger partial charge >= 0.3 is 0 Å². The van der Waals surface area contributed by atoms with Crippen LogP contribution in [0.2, 0.25) is 0 Å². The van der Waals surface area contributed by atoms with Gasteiger partial charge < -0.3 is 10.2 Å². The van der Waals surface area contributed by atoms with Crippen molar-refractivity contribution < 1.29 is 4.42 Å². The molecule has 1 fully saturated rings. The molecular formula is C13H22N2O. The zero-order valence-corrected chi connectivity index (χ0v) is 10.1. The largest absolute Gasteiger partial charge is 0.465 e. The van der Waals surface area contributed by atoms with E-state index >= 15 is 0 Å². The van der Waals surface area contributed by atoms with Crippen LogP contribution in [0, 0.1) is 12.8 Å². The highest BCUT2D eigenvalue weighted by molar-refractivity contribution is 5.05. The number of likely N-dealkylation sites (tertiary alicyclic amines) is 1. The molecule has 2 rings (SSSR count). The van der Waals surface area contributed by atoms with E-state index in [0.717, 1.165) is 30.5 Å². The third-order valence-electron chi connectivity index (χ3n) is 3.46. The van der Waals surface area contributed by atoms with E-state index < -0.39 is 0 Å². The molecular weight excluding hydrogens is 200 g/mol. The van der Waals surface area contributed by atoms with Crippen LogP contribution in [0.25, 0.3) is 0 Å². The Morgan fingerprint density at radius 2 is 2.12 bits per heavy atom. The van der Waals surface area contributed by atoms with Crippen molar-refractivity contribution in [3.8, 4) is 0 Å². The molecule has 16 heavy (non-hydrogen) atoms. The zero-order valence-electron chi connectivity index (χ0n) is 10.1. The lowest BCUT2D eigenvalue weighted by atomic mass is 9.93. The van der Waals surface area contributed by atoms with E-state index in [1.165, 1.54) is 32.4 Å². The van der Waals surface area contributed by atoms with Crippen molar-refractivity contribution in [2.45, 2.75) is 32.7 Å². The fraction of sp³-hybridized carbons (Fsp3) is 0.692. The maximum Gasteiger partial charge on any atom is 0.118 e. The molecule has 1 aromatic rings. The summed E-state index contributed by atoms with van der Waals surface area (Å²) < 4.78 is 5.60. The second-order valence-electron chi connectivity index (χ2n) is 4.81. The molecule has 0 radical (unpaired) electrons. The minimum atomic E-state index is 0.835. The van der Waals surface area contributed by atoms with Crippen molar-refractivity contribution in [1.82, 2.24) is 4.90 Å². The van der Waals surface area contributed by atoms with Gasteiger partial charge in [-0.05, 0) is 63.9 Å².